The Labute approximate surface area is 198 Å². The Balaban J connectivity index is 1.32. The minimum absolute atomic E-state index is 0.0176. The molecule has 4 N–H and O–H groups in total. The number of carbonyl (C=O) groups is 2. The van der Waals surface area contributed by atoms with Crippen LogP contribution in [0.2, 0.25) is 0 Å². The van der Waals surface area contributed by atoms with Crippen molar-refractivity contribution >= 4 is 29.1 Å². The number of hydrogen-bond donors (Lipinski definition) is 3. The molecule has 5 rings (SSSR count). The first-order chi connectivity index (χ1) is 16.5. The van der Waals surface area contributed by atoms with Crippen molar-refractivity contribution in [2.75, 3.05) is 16.8 Å². The Morgan fingerprint density at radius 1 is 1.15 bits per heavy atom. The minimum Gasteiger partial charge on any atom is -0.366 e. The summed E-state index contributed by atoms with van der Waals surface area (Å²) >= 11 is 0. The lowest BCUT2D eigenvalue weighted by Crippen LogP contribution is -2.45. The number of piperidine rings is 1. The molecule has 176 valence electrons. The molecule has 0 radical (unpaired) electrons. The van der Waals surface area contributed by atoms with E-state index in [4.69, 9.17) is 5.73 Å². The fourth-order valence-electron chi connectivity index (χ4n) is 4.72. The summed E-state index contributed by atoms with van der Waals surface area (Å²) < 4.78 is 0. The molecule has 3 aromatic rings. The van der Waals surface area contributed by atoms with Gasteiger partial charge in [0.05, 0.1) is 5.69 Å². The van der Waals surface area contributed by atoms with Gasteiger partial charge in [0.15, 0.2) is 17.3 Å². The van der Waals surface area contributed by atoms with Gasteiger partial charge in [-0.3, -0.25) is 9.59 Å². The number of carbonyl (C=O) groups excluding carboxylic acids is 2. The Hall–Kier alpha value is -3.75. The number of benzene rings is 1. The highest BCUT2D eigenvalue weighted by Crippen LogP contribution is 2.40. The van der Waals surface area contributed by atoms with Crippen LogP contribution in [0.4, 0.5) is 17.5 Å². The normalized spacial score (nSPS) is 20.2. The van der Waals surface area contributed by atoms with Gasteiger partial charge in [-0.15, -0.1) is 10.2 Å². The summed E-state index contributed by atoms with van der Waals surface area (Å²) in [4.78, 5) is 34.5. The van der Waals surface area contributed by atoms with Crippen LogP contribution in [0, 0.1) is 5.92 Å². The first-order valence-corrected chi connectivity index (χ1v) is 11.8. The smallest absolute Gasteiger partial charge is 0.273 e. The number of rotatable bonds is 8. The van der Waals surface area contributed by atoms with Crippen molar-refractivity contribution in [3.05, 3.63) is 59.5 Å². The van der Waals surface area contributed by atoms with E-state index >= 15 is 0 Å². The van der Waals surface area contributed by atoms with Crippen molar-refractivity contribution in [1.29, 1.82) is 0 Å². The third kappa shape index (κ3) is 4.64. The molecule has 2 aromatic heterocycles. The number of nitrogens with two attached hydrogens (primary N) is 1. The quantitative estimate of drug-likeness (QED) is 0.437. The van der Waals surface area contributed by atoms with Crippen molar-refractivity contribution in [2.24, 2.45) is 11.7 Å². The summed E-state index contributed by atoms with van der Waals surface area (Å²) in [6, 6.07) is 9.99. The van der Waals surface area contributed by atoms with Gasteiger partial charge >= 0.3 is 0 Å². The maximum Gasteiger partial charge on any atom is 0.273 e. The third-order valence-electron chi connectivity index (χ3n) is 6.90. The molecule has 1 saturated carbocycles. The van der Waals surface area contributed by atoms with Crippen molar-refractivity contribution in [2.45, 2.75) is 51.0 Å². The van der Waals surface area contributed by atoms with Gasteiger partial charge in [0.25, 0.3) is 5.91 Å². The molecule has 9 heteroatoms. The second kappa shape index (κ2) is 9.24. The van der Waals surface area contributed by atoms with Crippen LogP contribution in [-0.4, -0.2) is 44.4 Å². The topological polar surface area (TPSA) is 130 Å². The number of hydrogen-bond acceptors (Lipinski definition) is 7. The molecule has 0 spiro atoms. The van der Waals surface area contributed by atoms with Crippen molar-refractivity contribution in [3.8, 4) is 0 Å². The number of amides is 1. The van der Waals surface area contributed by atoms with Crippen LogP contribution >= 0.6 is 0 Å². The van der Waals surface area contributed by atoms with Crippen LogP contribution in [0.3, 0.4) is 0 Å². The zero-order chi connectivity index (χ0) is 23.7. The van der Waals surface area contributed by atoms with E-state index in [0.29, 0.717) is 18.3 Å². The molecule has 1 aromatic carbocycles. The number of aromatic nitrogens is 4. The largest absolute Gasteiger partial charge is 0.366 e. The lowest BCUT2D eigenvalue weighted by molar-refractivity contribution is 0.0944. The minimum atomic E-state index is -0.701. The first-order valence-electron chi connectivity index (χ1n) is 11.8. The van der Waals surface area contributed by atoms with Crippen LogP contribution in [0.15, 0.2) is 42.7 Å². The summed E-state index contributed by atoms with van der Waals surface area (Å²) in [6.45, 7) is 2.85. The highest BCUT2D eigenvalue weighted by atomic mass is 16.1. The van der Waals surface area contributed by atoms with E-state index in [9.17, 15) is 9.59 Å². The first kappa shape index (κ1) is 22.1. The molecular weight excluding hydrogens is 430 g/mol. The second-order valence-corrected chi connectivity index (χ2v) is 9.26. The summed E-state index contributed by atoms with van der Waals surface area (Å²) in [5, 5.41) is 11.3. The van der Waals surface area contributed by atoms with E-state index in [1.165, 1.54) is 18.4 Å². The second-order valence-electron chi connectivity index (χ2n) is 9.26. The SMILES string of the molecule is C[C@@H]1[C@H](CC(=O)c2ccc(C3CC3)cc2)CCCN1c1nnc(C(N)=O)c(Nc2cc[nH]c2)n1. The van der Waals surface area contributed by atoms with Crippen LogP contribution in [0.1, 0.15) is 71.4 Å². The Morgan fingerprint density at radius 3 is 2.62 bits per heavy atom. The average Bonchev–Trinajstić information content (AvgIpc) is 3.57. The highest BCUT2D eigenvalue weighted by molar-refractivity contribution is 5.96. The number of Topliss-reactive ketones (excluding diaryl/α,β-unsaturated/α-hetero) is 1. The molecule has 0 bridgehead atoms. The van der Waals surface area contributed by atoms with Gasteiger partial charge < -0.3 is 20.9 Å². The van der Waals surface area contributed by atoms with Crippen LogP contribution in [0.25, 0.3) is 0 Å². The number of aromatic amines is 1. The fraction of sp³-hybridized carbons (Fsp3) is 0.400. The van der Waals surface area contributed by atoms with E-state index in [1.54, 1.807) is 12.4 Å². The Bertz CT molecular complexity index is 1170. The van der Waals surface area contributed by atoms with E-state index in [1.807, 2.05) is 18.2 Å². The molecule has 34 heavy (non-hydrogen) atoms. The predicted octanol–water partition coefficient (Wildman–Crippen LogP) is 3.80. The Kier molecular flexibility index (Phi) is 6.00. The standard InChI is InChI=1S/C25H29N7O2/c1-15-19(13-21(33)18-8-6-17(7-9-18)16-4-5-16)3-2-12-32(15)25-29-24(22(23(26)34)30-31-25)28-20-10-11-27-14-20/h6-11,14-16,19,27H,2-5,12-13H2,1H3,(H2,26,34)(H,28,29,31)/t15-,19+/m1/s1. The number of nitrogens with zero attached hydrogens (tertiary/aromatic N) is 4. The van der Waals surface area contributed by atoms with E-state index in [0.717, 1.165) is 30.6 Å². The van der Waals surface area contributed by atoms with Gasteiger partial charge in [0.2, 0.25) is 5.95 Å². The van der Waals surface area contributed by atoms with Crippen LogP contribution < -0.4 is 16.0 Å². The van der Waals surface area contributed by atoms with E-state index in [-0.39, 0.29) is 29.3 Å². The van der Waals surface area contributed by atoms with E-state index in [2.05, 4.69) is 49.4 Å². The lowest BCUT2D eigenvalue weighted by Gasteiger charge is -2.39. The summed E-state index contributed by atoms with van der Waals surface area (Å²) in [5.41, 5.74) is 8.30. The third-order valence-corrected chi connectivity index (χ3v) is 6.90. The van der Waals surface area contributed by atoms with Gasteiger partial charge in [0.1, 0.15) is 0 Å². The molecule has 2 fully saturated rings. The Morgan fingerprint density at radius 2 is 1.94 bits per heavy atom. The number of nitrogens with one attached hydrogen (secondary N) is 2. The van der Waals surface area contributed by atoms with Crippen LogP contribution in [0.5, 0.6) is 0 Å². The van der Waals surface area contributed by atoms with Gasteiger partial charge in [-0.2, -0.15) is 4.98 Å². The summed E-state index contributed by atoms with van der Waals surface area (Å²) in [7, 11) is 0. The average molecular weight is 460 g/mol. The lowest BCUT2D eigenvalue weighted by atomic mass is 9.85. The molecule has 2 atom stereocenters. The van der Waals surface area contributed by atoms with Crippen molar-refractivity contribution in [3.63, 3.8) is 0 Å². The van der Waals surface area contributed by atoms with Gasteiger partial charge in [-0.1, -0.05) is 24.3 Å². The molecule has 1 amide bonds. The monoisotopic (exact) mass is 459 g/mol. The molecule has 1 aliphatic heterocycles. The van der Waals surface area contributed by atoms with E-state index < -0.39 is 5.91 Å². The molecule has 2 aliphatic rings. The van der Waals surface area contributed by atoms with Gasteiger partial charge in [0, 0.05) is 37.0 Å². The molecule has 3 heterocycles. The predicted molar refractivity (Wildman–Crippen MR) is 129 cm³/mol. The molecule has 0 unspecified atom stereocenters. The molecule has 1 aliphatic carbocycles. The molecular formula is C25H29N7O2. The number of anilines is 3. The fourth-order valence-corrected chi connectivity index (χ4v) is 4.72. The molecule has 1 saturated heterocycles. The maximum absolute atomic E-state index is 13.0. The van der Waals surface area contributed by atoms with Crippen molar-refractivity contribution in [1.82, 2.24) is 20.2 Å². The van der Waals surface area contributed by atoms with Gasteiger partial charge in [-0.05, 0) is 56.1 Å². The number of primary amides is 1. The van der Waals surface area contributed by atoms with Crippen molar-refractivity contribution < 1.29 is 9.59 Å². The van der Waals surface area contributed by atoms with Gasteiger partial charge in [-0.25, -0.2) is 0 Å². The summed E-state index contributed by atoms with van der Waals surface area (Å²) in [5.74, 6) is 0.998. The number of ketones is 1. The number of H-pyrrole nitrogens is 1. The maximum atomic E-state index is 13.0. The summed E-state index contributed by atoms with van der Waals surface area (Å²) in [6.07, 6.45) is 8.37. The van der Waals surface area contributed by atoms with Crippen LogP contribution in [-0.2, 0) is 0 Å². The zero-order valence-electron chi connectivity index (χ0n) is 19.2. The zero-order valence-corrected chi connectivity index (χ0v) is 19.2. The molecule has 9 nitrogen and oxygen atoms in total. The highest BCUT2D eigenvalue weighted by Gasteiger charge is 2.32.